The summed E-state index contributed by atoms with van der Waals surface area (Å²) in [5.74, 6) is -1.51. The van der Waals surface area contributed by atoms with Crippen LogP contribution in [0.15, 0.2) is 6.07 Å². The number of ketones is 2. The minimum Gasteiger partial charge on any atom is -0.507 e. The van der Waals surface area contributed by atoms with Crippen LogP contribution in [0.2, 0.25) is 0 Å². The molecule has 1 aliphatic heterocycles. The minimum atomic E-state index is -0.769. The Morgan fingerprint density at radius 3 is 2.50 bits per heavy atom. The number of Topliss-reactive ketones (excluding diaryl/α,β-unsaturated/α-hetero) is 2. The molecule has 0 radical (unpaired) electrons. The molecule has 2 rings (SSSR count). The summed E-state index contributed by atoms with van der Waals surface area (Å²) in [5.41, 5.74) is -0.865. The number of phenolic OH excluding ortho intramolecular Hbond substituents is 2. The van der Waals surface area contributed by atoms with Gasteiger partial charge >= 0.3 is 0 Å². The van der Waals surface area contributed by atoms with Crippen molar-refractivity contribution in [2.45, 2.75) is 32.8 Å². The lowest BCUT2D eigenvalue weighted by Crippen LogP contribution is -2.36. The summed E-state index contributed by atoms with van der Waals surface area (Å²) in [6.45, 7) is 4.68. The zero-order valence-corrected chi connectivity index (χ0v) is 10.4. The smallest absolute Gasteiger partial charge is 0.174 e. The number of phenols is 2. The summed E-state index contributed by atoms with van der Waals surface area (Å²) in [6.07, 6.45) is 0.107. The lowest BCUT2D eigenvalue weighted by Gasteiger charge is -2.33. The average Bonchev–Trinajstić information content (AvgIpc) is 2.11. The van der Waals surface area contributed by atoms with Crippen molar-refractivity contribution in [3.63, 3.8) is 0 Å². The van der Waals surface area contributed by atoms with Gasteiger partial charge in [0.2, 0.25) is 0 Å². The van der Waals surface area contributed by atoms with Crippen molar-refractivity contribution in [1.29, 1.82) is 0 Å². The molecule has 18 heavy (non-hydrogen) atoms. The fraction of sp³-hybridized carbons (Fsp3) is 0.385. The minimum absolute atomic E-state index is 0.0266. The van der Waals surface area contributed by atoms with E-state index in [1.807, 2.05) is 0 Å². The van der Waals surface area contributed by atoms with E-state index in [-0.39, 0.29) is 40.6 Å². The van der Waals surface area contributed by atoms with Crippen molar-refractivity contribution in [1.82, 2.24) is 0 Å². The van der Waals surface area contributed by atoms with E-state index in [4.69, 9.17) is 4.74 Å². The zero-order valence-electron chi connectivity index (χ0n) is 10.4. The fourth-order valence-electron chi connectivity index (χ4n) is 2.13. The van der Waals surface area contributed by atoms with Crippen molar-refractivity contribution in [2.24, 2.45) is 0 Å². The van der Waals surface area contributed by atoms with E-state index in [0.717, 1.165) is 6.07 Å². The SMILES string of the molecule is CC(=O)c1c(O)cc(O)c2c1OC(C)(C)CC2=O. The van der Waals surface area contributed by atoms with Gasteiger partial charge in [0.05, 0.1) is 6.42 Å². The highest BCUT2D eigenvalue weighted by atomic mass is 16.5. The molecule has 0 amide bonds. The summed E-state index contributed by atoms with van der Waals surface area (Å²) in [5, 5.41) is 19.4. The van der Waals surface area contributed by atoms with E-state index >= 15 is 0 Å². The lowest BCUT2D eigenvalue weighted by atomic mass is 9.90. The Labute approximate surface area is 104 Å². The molecular formula is C13H14O5. The molecule has 1 aromatic rings. The molecule has 1 aliphatic rings. The number of hydrogen-bond donors (Lipinski definition) is 2. The highest BCUT2D eigenvalue weighted by Gasteiger charge is 2.37. The standard InChI is InChI=1S/C13H14O5/c1-6(14)10-7(15)4-8(16)11-9(17)5-13(2,3)18-12(10)11/h4,15-16H,5H2,1-3H3. The molecule has 0 unspecified atom stereocenters. The summed E-state index contributed by atoms with van der Waals surface area (Å²) < 4.78 is 5.58. The van der Waals surface area contributed by atoms with E-state index in [1.165, 1.54) is 6.92 Å². The van der Waals surface area contributed by atoms with E-state index in [0.29, 0.717) is 0 Å². The van der Waals surface area contributed by atoms with Crippen molar-refractivity contribution >= 4 is 11.6 Å². The van der Waals surface area contributed by atoms with E-state index in [1.54, 1.807) is 13.8 Å². The largest absolute Gasteiger partial charge is 0.507 e. The third kappa shape index (κ3) is 1.81. The number of carbonyl (C=O) groups is 2. The number of rotatable bonds is 1. The van der Waals surface area contributed by atoms with E-state index in [9.17, 15) is 19.8 Å². The molecule has 0 atom stereocenters. The first-order valence-corrected chi connectivity index (χ1v) is 5.55. The maximum atomic E-state index is 12.0. The van der Waals surface area contributed by atoms with Crippen LogP contribution >= 0.6 is 0 Å². The molecule has 1 aromatic carbocycles. The molecule has 0 aliphatic carbocycles. The third-order valence-electron chi connectivity index (χ3n) is 2.84. The maximum absolute atomic E-state index is 12.0. The fourth-order valence-corrected chi connectivity index (χ4v) is 2.13. The van der Waals surface area contributed by atoms with Gasteiger partial charge in [0.25, 0.3) is 0 Å². The number of fused-ring (bicyclic) bond motifs is 1. The Morgan fingerprint density at radius 2 is 1.94 bits per heavy atom. The van der Waals surface area contributed by atoms with Crippen LogP contribution in [0.5, 0.6) is 17.2 Å². The van der Waals surface area contributed by atoms with Crippen LogP contribution in [0.25, 0.3) is 0 Å². The predicted octanol–water partition coefficient (Wildman–Crippen LogP) is 2.04. The topological polar surface area (TPSA) is 83.8 Å². The molecule has 5 nitrogen and oxygen atoms in total. The molecule has 0 aromatic heterocycles. The molecule has 0 saturated heterocycles. The van der Waals surface area contributed by atoms with Gasteiger partial charge in [-0.05, 0) is 20.8 Å². The van der Waals surface area contributed by atoms with Crippen molar-refractivity contribution in [2.75, 3.05) is 0 Å². The van der Waals surface area contributed by atoms with Crippen LogP contribution in [-0.4, -0.2) is 27.4 Å². The predicted molar refractivity (Wildman–Crippen MR) is 63.4 cm³/mol. The van der Waals surface area contributed by atoms with Gasteiger partial charge in [0, 0.05) is 6.07 Å². The summed E-state index contributed by atoms with van der Waals surface area (Å²) in [4.78, 5) is 23.5. The first-order chi connectivity index (χ1) is 8.23. The Morgan fingerprint density at radius 1 is 1.33 bits per heavy atom. The Balaban J connectivity index is 2.78. The van der Waals surface area contributed by atoms with Crippen LogP contribution in [-0.2, 0) is 0 Å². The maximum Gasteiger partial charge on any atom is 0.174 e. The molecule has 0 saturated carbocycles. The van der Waals surface area contributed by atoms with E-state index in [2.05, 4.69) is 0 Å². The Kier molecular flexibility index (Phi) is 2.57. The van der Waals surface area contributed by atoms with Gasteiger partial charge < -0.3 is 14.9 Å². The summed E-state index contributed by atoms with van der Waals surface area (Å²) >= 11 is 0. The second-order valence-electron chi connectivity index (χ2n) is 5.01. The number of aromatic hydroxyl groups is 2. The van der Waals surface area contributed by atoms with Gasteiger partial charge in [-0.1, -0.05) is 0 Å². The van der Waals surface area contributed by atoms with Crippen LogP contribution < -0.4 is 4.74 Å². The van der Waals surface area contributed by atoms with Crippen LogP contribution in [0.4, 0.5) is 0 Å². The molecule has 0 fully saturated rings. The second kappa shape index (κ2) is 3.73. The Bertz CT molecular complexity index is 537. The van der Waals surface area contributed by atoms with Gasteiger partial charge in [0.1, 0.15) is 34.0 Å². The number of ether oxygens (including phenoxy) is 1. The van der Waals surface area contributed by atoms with Gasteiger partial charge in [-0.2, -0.15) is 0 Å². The molecule has 2 N–H and O–H groups in total. The monoisotopic (exact) mass is 250 g/mol. The van der Waals surface area contributed by atoms with E-state index < -0.39 is 11.4 Å². The quantitative estimate of drug-likeness (QED) is 0.745. The molecular weight excluding hydrogens is 236 g/mol. The van der Waals surface area contributed by atoms with Gasteiger partial charge in [-0.3, -0.25) is 9.59 Å². The first-order valence-electron chi connectivity index (χ1n) is 5.55. The van der Waals surface area contributed by atoms with Crippen molar-refractivity contribution in [3.8, 4) is 17.2 Å². The number of carbonyl (C=O) groups excluding carboxylic acids is 2. The lowest BCUT2D eigenvalue weighted by molar-refractivity contribution is 0.0605. The number of hydrogen-bond acceptors (Lipinski definition) is 5. The number of benzene rings is 1. The highest BCUT2D eigenvalue weighted by Crippen LogP contribution is 2.44. The van der Waals surface area contributed by atoms with Crippen LogP contribution in [0, 0.1) is 0 Å². The summed E-state index contributed by atoms with van der Waals surface area (Å²) in [7, 11) is 0. The Hall–Kier alpha value is -2.04. The normalized spacial score (nSPS) is 16.9. The van der Waals surface area contributed by atoms with Crippen LogP contribution in [0.1, 0.15) is 47.9 Å². The average molecular weight is 250 g/mol. The summed E-state index contributed by atoms with van der Waals surface area (Å²) in [6, 6.07) is 0.995. The zero-order chi connectivity index (χ0) is 13.7. The first kappa shape index (κ1) is 12.4. The highest BCUT2D eigenvalue weighted by molar-refractivity contribution is 6.09. The van der Waals surface area contributed by atoms with Crippen LogP contribution in [0.3, 0.4) is 0 Å². The molecule has 96 valence electrons. The molecule has 0 spiro atoms. The third-order valence-corrected chi connectivity index (χ3v) is 2.84. The van der Waals surface area contributed by atoms with Crippen molar-refractivity contribution < 1.29 is 24.5 Å². The van der Waals surface area contributed by atoms with Crippen molar-refractivity contribution in [3.05, 3.63) is 17.2 Å². The molecule has 0 bridgehead atoms. The van der Waals surface area contributed by atoms with Gasteiger partial charge in [-0.25, -0.2) is 0 Å². The molecule has 1 heterocycles. The molecule has 5 heteroatoms. The van der Waals surface area contributed by atoms with Gasteiger partial charge in [0.15, 0.2) is 11.6 Å². The second-order valence-corrected chi connectivity index (χ2v) is 5.01. The van der Waals surface area contributed by atoms with Gasteiger partial charge in [-0.15, -0.1) is 0 Å².